The van der Waals surface area contributed by atoms with Crippen molar-refractivity contribution in [2.75, 3.05) is 12.4 Å². The van der Waals surface area contributed by atoms with Crippen LogP contribution in [-0.2, 0) is 16.1 Å². The molecule has 106 valence electrons. The van der Waals surface area contributed by atoms with Crippen molar-refractivity contribution in [3.05, 3.63) is 23.8 Å². The number of ether oxygens (including phenoxy) is 1. The number of phenols is 1. The second-order valence-electron chi connectivity index (χ2n) is 5.00. The summed E-state index contributed by atoms with van der Waals surface area (Å²) in [6.07, 6.45) is -0.611. The number of hydrogen-bond acceptors (Lipinski definition) is 5. The molecule has 0 aliphatic heterocycles. The van der Waals surface area contributed by atoms with Crippen molar-refractivity contribution in [1.29, 1.82) is 0 Å². The molecule has 1 amide bonds. The highest BCUT2D eigenvalue weighted by Gasteiger charge is 2.17. The van der Waals surface area contributed by atoms with Crippen LogP contribution in [0, 0.1) is 0 Å². The van der Waals surface area contributed by atoms with Crippen LogP contribution in [-0.4, -0.2) is 23.9 Å². The third-order valence-corrected chi connectivity index (χ3v) is 2.12. The van der Waals surface area contributed by atoms with E-state index >= 15 is 0 Å². The van der Waals surface area contributed by atoms with Gasteiger partial charge in [0, 0.05) is 6.54 Å². The van der Waals surface area contributed by atoms with Crippen LogP contribution >= 0.6 is 0 Å². The van der Waals surface area contributed by atoms with Crippen LogP contribution in [0.15, 0.2) is 18.2 Å². The highest BCUT2D eigenvalue weighted by molar-refractivity contribution is 5.87. The van der Waals surface area contributed by atoms with Crippen molar-refractivity contribution in [3.8, 4) is 5.75 Å². The fraction of sp³-hybridized carbons (Fsp3) is 0.462. The highest BCUT2D eigenvalue weighted by Crippen LogP contribution is 2.24. The predicted molar refractivity (Wildman–Crippen MR) is 71.8 cm³/mol. The van der Waals surface area contributed by atoms with Gasteiger partial charge in [0.25, 0.3) is 0 Å². The van der Waals surface area contributed by atoms with E-state index < -0.39 is 11.7 Å². The molecule has 6 nitrogen and oxygen atoms in total. The molecule has 0 saturated heterocycles. The fourth-order valence-electron chi connectivity index (χ4n) is 1.36. The molecule has 0 unspecified atom stereocenters. The third kappa shape index (κ3) is 5.58. The second kappa shape index (κ2) is 6.40. The summed E-state index contributed by atoms with van der Waals surface area (Å²) in [5.74, 6) is -0.0213. The minimum atomic E-state index is -0.611. The quantitative estimate of drug-likeness (QED) is 0.577. The molecule has 3 N–H and O–H groups in total. The molecule has 0 fully saturated rings. The van der Waals surface area contributed by atoms with Crippen molar-refractivity contribution in [2.45, 2.75) is 32.9 Å². The Morgan fingerprint density at radius 3 is 2.63 bits per heavy atom. The molecular weight excluding hydrogens is 248 g/mol. The first-order valence-electron chi connectivity index (χ1n) is 5.89. The molecule has 0 aliphatic carbocycles. The lowest BCUT2D eigenvalue weighted by atomic mass is 10.2. The van der Waals surface area contributed by atoms with E-state index in [1.807, 2.05) is 0 Å². The average molecular weight is 268 g/mol. The van der Waals surface area contributed by atoms with Crippen LogP contribution in [0.5, 0.6) is 5.75 Å². The molecule has 0 spiro atoms. The van der Waals surface area contributed by atoms with Gasteiger partial charge >= 0.3 is 6.09 Å². The van der Waals surface area contributed by atoms with E-state index in [2.05, 4.69) is 10.8 Å². The first-order valence-corrected chi connectivity index (χ1v) is 5.89. The van der Waals surface area contributed by atoms with Gasteiger partial charge in [-0.1, -0.05) is 6.07 Å². The summed E-state index contributed by atoms with van der Waals surface area (Å²) in [6.45, 7) is 5.77. The summed E-state index contributed by atoms with van der Waals surface area (Å²) >= 11 is 0. The fourth-order valence-corrected chi connectivity index (χ4v) is 1.36. The van der Waals surface area contributed by atoms with Crippen molar-refractivity contribution >= 4 is 11.8 Å². The largest absolute Gasteiger partial charge is 0.506 e. The molecule has 0 aliphatic rings. The van der Waals surface area contributed by atoms with E-state index in [1.54, 1.807) is 32.9 Å². The second-order valence-corrected chi connectivity index (χ2v) is 5.00. The van der Waals surface area contributed by atoms with E-state index in [-0.39, 0.29) is 5.75 Å². The van der Waals surface area contributed by atoms with Gasteiger partial charge in [0.2, 0.25) is 0 Å². The lowest BCUT2D eigenvalue weighted by Gasteiger charge is -2.20. The van der Waals surface area contributed by atoms with Gasteiger partial charge < -0.3 is 14.7 Å². The lowest BCUT2D eigenvalue weighted by Crippen LogP contribution is -2.27. The van der Waals surface area contributed by atoms with Gasteiger partial charge in [0.1, 0.15) is 11.4 Å². The van der Waals surface area contributed by atoms with Crippen molar-refractivity contribution in [3.63, 3.8) is 0 Å². The number of phenolic OH excluding ortho intramolecular Hbond substituents is 1. The van der Waals surface area contributed by atoms with E-state index in [4.69, 9.17) is 9.57 Å². The van der Waals surface area contributed by atoms with Crippen molar-refractivity contribution < 1.29 is 19.5 Å². The maximum atomic E-state index is 11.6. The van der Waals surface area contributed by atoms with Crippen molar-refractivity contribution in [1.82, 2.24) is 5.48 Å². The summed E-state index contributed by atoms with van der Waals surface area (Å²) in [4.78, 5) is 16.4. The zero-order valence-corrected chi connectivity index (χ0v) is 11.6. The molecule has 0 heterocycles. The zero-order chi connectivity index (χ0) is 14.5. The Labute approximate surface area is 112 Å². The molecular formula is C13H20N2O4. The van der Waals surface area contributed by atoms with Gasteiger partial charge in [-0.2, -0.15) is 5.48 Å². The topological polar surface area (TPSA) is 79.8 Å². The minimum Gasteiger partial charge on any atom is -0.506 e. The summed E-state index contributed by atoms with van der Waals surface area (Å²) in [7, 11) is 1.51. The Balaban J connectivity index is 2.73. The molecule has 6 heteroatoms. The van der Waals surface area contributed by atoms with Crippen LogP contribution in [0.1, 0.15) is 26.3 Å². The number of rotatable bonds is 4. The number of carbonyl (C=O) groups excluding carboxylic acids is 1. The number of nitrogens with one attached hydrogen (secondary N) is 2. The summed E-state index contributed by atoms with van der Waals surface area (Å²) in [5, 5.41) is 12.2. The number of carbonyl (C=O) groups is 1. The monoisotopic (exact) mass is 268 g/mol. The van der Waals surface area contributed by atoms with Crippen LogP contribution < -0.4 is 10.8 Å². The standard InChI is InChI=1S/C13H20N2O4/c1-13(2,3)19-12(17)15-10-7-9(8-14-18-4)5-6-11(10)16/h5-7,14,16H,8H2,1-4H3,(H,15,17). The first-order chi connectivity index (χ1) is 8.81. The van der Waals surface area contributed by atoms with Gasteiger partial charge in [-0.25, -0.2) is 4.79 Å². The Morgan fingerprint density at radius 1 is 1.37 bits per heavy atom. The summed E-state index contributed by atoms with van der Waals surface area (Å²) in [5.41, 5.74) is 3.24. The third-order valence-electron chi connectivity index (χ3n) is 2.12. The Bertz CT molecular complexity index is 441. The van der Waals surface area contributed by atoms with E-state index in [9.17, 15) is 9.90 Å². The maximum Gasteiger partial charge on any atom is 0.412 e. The van der Waals surface area contributed by atoms with E-state index in [0.717, 1.165) is 5.56 Å². The molecule has 0 atom stereocenters. The lowest BCUT2D eigenvalue weighted by molar-refractivity contribution is 0.0635. The van der Waals surface area contributed by atoms with Gasteiger partial charge in [-0.15, -0.1) is 0 Å². The molecule has 0 saturated carbocycles. The summed E-state index contributed by atoms with van der Waals surface area (Å²) < 4.78 is 5.12. The van der Waals surface area contributed by atoms with E-state index in [0.29, 0.717) is 12.2 Å². The van der Waals surface area contributed by atoms with Gasteiger partial charge in [0.15, 0.2) is 0 Å². The molecule has 1 aromatic rings. The Hall–Kier alpha value is -1.79. The van der Waals surface area contributed by atoms with Gasteiger partial charge in [0.05, 0.1) is 12.8 Å². The normalized spacial score (nSPS) is 11.2. The van der Waals surface area contributed by atoms with Gasteiger partial charge in [-0.3, -0.25) is 5.32 Å². The van der Waals surface area contributed by atoms with E-state index in [1.165, 1.54) is 13.2 Å². The number of hydrogen-bond donors (Lipinski definition) is 3. The van der Waals surface area contributed by atoms with Crippen LogP contribution in [0.25, 0.3) is 0 Å². The Kier molecular flexibility index (Phi) is 5.14. The smallest absolute Gasteiger partial charge is 0.412 e. The number of anilines is 1. The molecule has 0 aromatic heterocycles. The molecule has 1 rings (SSSR count). The summed E-state index contributed by atoms with van der Waals surface area (Å²) in [6, 6.07) is 4.87. The first kappa shape index (κ1) is 15.3. The number of hydroxylamine groups is 1. The molecule has 0 radical (unpaired) electrons. The molecule has 19 heavy (non-hydrogen) atoms. The minimum absolute atomic E-state index is 0.0213. The SMILES string of the molecule is CONCc1ccc(O)c(NC(=O)OC(C)(C)C)c1. The van der Waals surface area contributed by atoms with Crippen LogP contribution in [0.3, 0.4) is 0 Å². The number of amides is 1. The predicted octanol–water partition coefficient (Wildman–Crippen LogP) is 2.39. The maximum absolute atomic E-state index is 11.6. The van der Waals surface area contributed by atoms with Gasteiger partial charge in [-0.05, 0) is 38.5 Å². The highest BCUT2D eigenvalue weighted by atomic mass is 16.6. The van der Waals surface area contributed by atoms with Crippen LogP contribution in [0.2, 0.25) is 0 Å². The Morgan fingerprint density at radius 2 is 2.05 bits per heavy atom. The van der Waals surface area contributed by atoms with Crippen molar-refractivity contribution in [2.24, 2.45) is 0 Å². The van der Waals surface area contributed by atoms with Crippen LogP contribution in [0.4, 0.5) is 10.5 Å². The number of benzene rings is 1. The molecule has 0 bridgehead atoms. The average Bonchev–Trinajstić information content (AvgIpc) is 2.27. The number of aromatic hydroxyl groups is 1. The molecule has 1 aromatic carbocycles. The zero-order valence-electron chi connectivity index (χ0n) is 11.6.